The Morgan fingerprint density at radius 3 is 2.46 bits per heavy atom. The molecule has 1 aliphatic rings. The Morgan fingerprint density at radius 1 is 1.12 bits per heavy atom. The third kappa shape index (κ3) is 2.87. The molecule has 0 bridgehead atoms. The van der Waals surface area contributed by atoms with Gasteiger partial charge in [0.25, 0.3) is 0 Å². The molecule has 4 heteroatoms. The number of carbonyl (C=O) groups excluding carboxylic acids is 1. The SMILES string of the molecule is CCOc1ccc2c(c1C)O/C(=C\c1ccc(N(C)C)cc1)C2=O. The minimum Gasteiger partial charge on any atom is -0.493 e. The summed E-state index contributed by atoms with van der Waals surface area (Å²) >= 11 is 0. The van der Waals surface area contributed by atoms with Gasteiger partial charge in [0.05, 0.1) is 12.2 Å². The van der Waals surface area contributed by atoms with Gasteiger partial charge in [-0.05, 0) is 49.8 Å². The van der Waals surface area contributed by atoms with Crippen LogP contribution in [0.3, 0.4) is 0 Å². The van der Waals surface area contributed by atoms with Crippen molar-refractivity contribution in [3.05, 3.63) is 58.8 Å². The lowest BCUT2D eigenvalue weighted by molar-refractivity contribution is 0.101. The molecule has 2 aromatic rings. The second-order valence-corrected chi connectivity index (χ2v) is 5.92. The number of fused-ring (bicyclic) bond motifs is 1. The monoisotopic (exact) mass is 323 g/mol. The van der Waals surface area contributed by atoms with Gasteiger partial charge in [-0.15, -0.1) is 0 Å². The highest BCUT2D eigenvalue weighted by Crippen LogP contribution is 2.39. The number of Topliss-reactive ketones (excluding diaryl/α,β-unsaturated/α-hetero) is 1. The van der Waals surface area contributed by atoms with Crippen LogP contribution < -0.4 is 14.4 Å². The van der Waals surface area contributed by atoms with E-state index >= 15 is 0 Å². The van der Waals surface area contributed by atoms with Crippen LogP contribution in [-0.4, -0.2) is 26.5 Å². The van der Waals surface area contributed by atoms with Gasteiger partial charge in [-0.3, -0.25) is 4.79 Å². The van der Waals surface area contributed by atoms with Gasteiger partial charge in [-0.2, -0.15) is 0 Å². The van der Waals surface area contributed by atoms with Crippen LogP contribution in [-0.2, 0) is 0 Å². The summed E-state index contributed by atoms with van der Waals surface area (Å²) in [6, 6.07) is 11.6. The molecule has 0 unspecified atom stereocenters. The van der Waals surface area contributed by atoms with E-state index in [1.807, 2.05) is 63.2 Å². The summed E-state index contributed by atoms with van der Waals surface area (Å²) in [6.07, 6.45) is 1.78. The normalized spacial score (nSPS) is 14.5. The lowest BCUT2D eigenvalue weighted by Crippen LogP contribution is -2.08. The zero-order valence-corrected chi connectivity index (χ0v) is 14.4. The first-order valence-corrected chi connectivity index (χ1v) is 7.99. The third-order valence-corrected chi connectivity index (χ3v) is 4.04. The van der Waals surface area contributed by atoms with Crippen LogP contribution in [0.25, 0.3) is 6.08 Å². The summed E-state index contributed by atoms with van der Waals surface area (Å²) in [7, 11) is 3.99. The molecule has 0 spiro atoms. The smallest absolute Gasteiger partial charge is 0.231 e. The fourth-order valence-corrected chi connectivity index (χ4v) is 2.70. The van der Waals surface area contributed by atoms with Crippen LogP contribution in [0.4, 0.5) is 5.69 Å². The number of anilines is 1. The largest absolute Gasteiger partial charge is 0.493 e. The molecule has 2 aromatic carbocycles. The van der Waals surface area contributed by atoms with Crippen LogP contribution >= 0.6 is 0 Å². The van der Waals surface area contributed by atoms with Gasteiger partial charge in [0.2, 0.25) is 5.78 Å². The fourth-order valence-electron chi connectivity index (χ4n) is 2.70. The highest BCUT2D eigenvalue weighted by molar-refractivity contribution is 6.14. The van der Waals surface area contributed by atoms with E-state index < -0.39 is 0 Å². The summed E-state index contributed by atoms with van der Waals surface area (Å²) < 4.78 is 11.4. The van der Waals surface area contributed by atoms with Gasteiger partial charge < -0.3 is 14.4 Å². The predicted octanol–water partition coefficient (Wildman–Crippen LogP) is 4.08. The lowest BCUT2D eigenvalue weighted by Gasteiger charge is -2.12. The van der Waals surface area contributed by atoms with E-state index in [0.717, 1.165) is 22.6 Å². The minimum absolute atomic E-state index is 0.0900. The maximum atomic E-state index is 12.6. The van der Waals surface area contributed by atoms with Crippen LogP contribution in [0.15, 0.2) is 42.2 Å². The number of hydrogen-bond acceptors (Lipinski definition) is 4. The maximum Gasteiger partial charge on any atom is 0.231 e. The summed E-state index contributed by atoms with van der Waals surface area (Å²) in [5, 5.41) is 0. The Bertz CT molecular complexity index is 804. The molecular formula is C20H21NO3. The molecule has 1 aliphatic heterocycles. The Labute approximate surface area is 142 Å². The number of ether oxygens (including phenoxy) is 2. The van der Waals surface area contributed by atoms with Crippen molar-refractivity contribution in [3.8, 4) is 11.5 Å². The van der Waals surface area contributed by atoms with E-state index in [2.05, 4.69) is 0 Å². The number of rotatable bonds is 4. The molecule has 124 valence electrons. The summed E-state index contributed by atoms with van der Waals surface area (Å²) in [5.41, 5.74) is 3.48. The second kappa shape index (κ2) is 6.40. The first kappa shape index (κ1) is 16.1. The Hall–Kier alpha value is -2.75. The van der Waals surface area contributed by atoms with Gasteiger partial charge >= 0.3 is 0 Å². The van der Waals surface area contributed by atoms with Crippen LogP contribution in [0.1, 0.15) is 28.4 Å². The van der Waals surface area contributed by atoms with Crippen LogP contribution in [0.2, 0.25) is 0 Å². The number of benzene rings is 2. The molecule has 0 N–H and O–H groups in total. The molecular weight excluding hydrogens is 302 g/mol. The van der Waals surface area contributed by atoms with Gasteiger partial charge in [0.1, 0.15) is 11.5 Å². The standard InChI is InChI=1S/C20H21NO3/c1-5-23-17-11-10-16-19(22)18(24-20(16)13(17)2)12-14-6-8-15(9-7-14)21(3)4/h6-12H,5H2,1-4H3/b18-12-. The Morgan fingerprint density at radius 2 is 1.83 bits per heavy atom. The van der Waals surface area contributed by atoms with Gasteiger partial charge in [0, 0.05) is 25.3 Å². The number of nitrogens with zero attached hydrogens (tertiary/aromatic N) is 1. The van der Waals surface area contributed by atoms with Crippen molar-refractivity contribution in [1.29, 1.82) is 0 Å². The first-order valence-electron chi connectivity index (χ1n) is 7.99. The van der Waals surface area contributed by atoms with E-state index in [1.165, 1.54) is 0 Å². The third-order valence-electron chi connectivity index (χ3n) is 4.04. The summed E-state index contributed by atoms with van der Waals surface area (Å²) in [6.45, 7) is 4.42. The first-order chi connectivity index (χ1) is 11.5. The van der Waals surface area contributed by atoms with Gasteiger partial charge in [-0.1, -0.05) is 12.1 Å². The molecule has 0 aliphatic carbocycles. The predicted molar refractivity (Wildman–Crippen MR) is 96.1 cm³/mol. The van der Waals surface area contributed by atoms with E-state index in [0.29, 0.717) is 23.7 Å². The molecule has 0 saturated carbocycles. The van der Waals surface area contributed by atoms with Crippen LogP contribution in [0, 0.1) is 6.92 Å². The number of ketones is 1. The second-order valence-electron chi connectivity index (χ2n) is 5.92. The van der Waals surface area contributed by atoms with E-state index in [-0.39, 0.29) is 5.78 Å². The average molecular weight is 323 g/mol. The fraction of sp³-hybridized carbons (Fsp3) is 0.250. The zero-order chi connectivity index (χ0) is 17.3. The maximum absolute atomic E-state index is 12.6. The Kier molecular flexibility index (Phi) is 4.30. The van der Waals surface area contributed by atoms with Gasteiger partial charge in [-0.25, -0.2) is 0 Å². The van der Waals surface area contributed by atoms with Crippen molar-refractivity contribution < 1.29 is 14.3 Å². The van der Waals surface area contributed by atoms with E-state index in [1.54, 1.807) is 12.1 Å². The van der Waals surface area contributed by atoms with E-state index in [9.17, 15) is 4.79 Å². The molecule has 0 atom stereocenters. The number of hydrogen-bond donors (Lipinski definition) is 0. The molecule has 24 heavy (non-hydrogen) atoms. The quantitative estimate of drug-likeness (QED) is 0.795. The molecule has 3 rings (SSSR count). The van der Waals surface area contributed by atoms with E-state index in [4.69, 9.17) is 9.47 Å². The molecule has 4 nitrogen and oxygen atoms in total. The van der Waals surface area contributed by atoms with Crippen molar-refractivity contribution in [2.45, 2.75) is 13.8 Å². The van der Waals surface area contributed by atoms with Crippen molar-refractivity contribution in [2.75, 3.05) is 25.6 Å². The average Bonchev–Trinajstić information content (AvgIpc) is 2.88. The molecule has 0 fully saturated rings. The Balaban J connectivity index is 1.91. The topological polar surface area (TPSA) is 38.8 Å². The number of allylic oxidation sites excluding steroid dienone is 1. The van der Waals surface area contributed by atoms with Gasteiger partial charge in [0.15, 0.2) is 5.76 Å². The molecule has 0 amide bonds. The molecule has 0 saturated heterocycles. The highest BCUT2D eigenvalue weighted by atomic mass is 16.5. The molecule has 0 radical (unpaired) electrons. The molecule has 1 heterocycles. The minimum atomic E-state index is -0.0900. The van der Waals surface area contributed by atoms with Crippen LogP contribution in [0.5, 0.6) is 11.5 Å². The lowest BCUT2D eigenvalue weighted by atomic mass is 10.1. The zero-order valence-electron chi connectivity index (χ0n) is 14.4. The summed E-state index contributed by atoms with van der Waals surface area (Å²) in [4.78, 5) is 14.6. The highest BCUT2D eigenvalue weighted by Gasteiger charge is 2.30. The van der Waals surface area contributed by atoms with Crippen molar-refractivity contribution in [3.63, 3.8) is 0 Å². The summed E-state index contributed by atoms with van der Waals surface area (Å²) in [5.74, 6) is 1.61. The van der Waals surface area contributed by atoms with Crippen molar-refractivity contribution in [1.82, 2.24) is 0 Å². The number of carbonyl (C=O) groups is 1. The van der Waals surface area contributed by atoms with Crippen molar-refractivity contribution in [2.24, 2.45) is 0 Å². The molecule has 0 aromatic heterocycles. The van der Waals surface area contributed by atoms with Crippen molar-refractivity contribution >= 4 is 17.5 Å².